The largest absolute Gasteiger partial charge is 0.390 e. The molecule has 0 aromatic carbocycles. The monoisotopic (exact) mass is 412 g/mol. The normalized spacial score (nSPS) is 45.5. The molecule has 4 heteroatoms. The van der Waals surface area contributed by atoms with Crippen LogP contribution in [0.1, 0.15) is 88.8 Å². The topological polar surface area (TPSA) is 66.0 Å². The third-order valence-corrected chi connectivity index (χ3v) is 10.1. The third kappa shape index (κ3) is 3.29. The summed E-state index contributed by atoms with van der Waals surface area (Å²) in [5.41, 5.74) is 1.83. The van der Waals surface area contributed by atoms with Gasteiger partial charge < -0.3 is 10.1 Å². The van der Waals surface area contributed by atoms with Crippen molar-refractivity contribution in [2.24, 2.45) is 40.9 Å². The van der Waals surface area contributed by atoms with E-state index in [1.54, 1.807) is 0 Å². The molecule has 0 radical (unpaired) electrons. The molecular formula is C26H40N2O2. The van der Waals surface area contributed by atoms with Crippen LogP contribution < -0.4 is 0 Å². The Morgan fingerprint density at radius 1 is 1.03 bits per heavy atom. The van der Waals surface area contributed by atoms with Crippen LogP contribution in [0.25, 0.3) is 0 Å². The lowest BCUT2D eigenvalue weighted by Crippen LogP contribution is -2.51. The van der Waals surface area contributed by atoms with Crippen LogP contribution in [0.15, 0.2) is 0 Å². The van der Waals surface area contributed by atoms with Gasteiger partial charge in [-0.1, -0.05) is 6.92 Å². The zero-order valence-electron chi connectivity index (χ0n) is 19.3. The van der Waals surface area contributed by atoms with E-state index in [2.05, 4.69) is 16.9 Å². The lowest BCUT2D eigenvalue weighted by atomic mass is 9.49. The first kappa shape index (κ1) is 20.7. The van der Waals surface area contributed by atoms with E-state index in [-0.39, 0.29) is 11.3 Å². The van der Waals surface area contributed by atoms with Crippen molar-refractivity contribution in [3.05, 3.63) is 17.2 Å². The first-order chi connectivity index (χ1) is 14.2. The number of hydrogen-bond acceptors (Lipinski definition) is 3. The van der Waals surface area contributed by atoms with Crippen LogP contribution >= 0.6 is 0 Å². The second-order valence-electron chi connectivity index (χ2n) is 11.9. The summed E-state index contributed by atoms with van der Waals surface area (Å²) >= 11 is 0. The number of aryl methyl sites for hydroxylation is 2. The van der Waals surface area contributed by atoms with Gasteiger partial charge in [0.1, 0.15) is 11.6 Å². The number of hydrogen-bond donors (Lipinski definition) is 2. The second kappa shape index (κ2) is 7.18. The van der Waals surface area contributed by atoms with Crippen LogP contribution in [-0.2, 0) is 11.2 Å². The Balaban J connectivity index is 1.31. The molecule has 4 aliphatic rings. The van der Waals surface area contributed by atoms with Crippen LogP contribution in [0.2, 0.25) is 0 Å². The highest BCUT2D eigenvalue weighted by molar-refractivity contribution is 5.83. The molecule has 4 saturated carbocycles. The van der Waals surface area contributed by atoms with Crippen molar-refractivity contribution < 1.29 is 9.90 Å². The third-order valence-electron chi connectivity index (χ3n) is 10.1. The molecule has 166 valence electrons. The maximum absolute atomic E-state index is 13.4. The van der Waals surface area contributed by atoms with Gasteiger partial charge in [0.05, 0.1) is 17.7 Å². The lowest BCUT2D eigenvalue weighted by molar-refractivity contribution is -0.131. The summed E-state index contributed by atoms with van der Waals surface area (Å²) in [6, 6.07) is 0. The quantitative estimate of drug-likeness (QED) is 0.721. The zero-order valence-corrected chi connectivity index (χ0v) is 19.3. The number of Topliss-reactive ketones (excluding diaryl/α,β-unsaturated/α-hetero) is 1. The fourth-order valence-corrected chi connectivity index (χ4v) is 8.60. The van der Waals surface area contributed by atoms with Gasteiger partial charge in [0.2, 0.25) is 0 Å². The molecule has 1 heterocycles. The van der Waals surface area contributed by atoms with Crippen molar-refractivity contribution in [2.75, 3.05) is 0 Å². The van der Waals surface area contributed by atoms with E-state index in [9.17, 15) is 9.90 Å². The summed E-state index contributed by atoms with van der Waals surface area (Å²) in [4.78, 5) is 21.3. The van der Waals surface area contributed by atoms with E-state index in [1.165, 1.54) is 38.5 Å². The number of aromatic nitrogens is 2. The summed E-state index contributed by atoms with van der Waals surface area (Å²) in [5.74, 6) is 5.37. The standard InChI is InChI=1S/C26H40N2O2/c1-15-16(2)28-24(27-15)13-23(29)22-8-7-21-20-6-5-17-14-25(3,30)11-9-18(17)19(20)10-12-26(21,22)4/h17-22,30H,5-14H2,1-4H3,(H,27,28). The number of carbonyl (C=O) groups is 1. The maximum atomic E-state index is 13.4. The molecule has 2 N–H and O–H groups in total. The zero-order chi connectivity index (χ0) is 21.3. The minimum atomic E-state index is -0.440. The van der Waals surface area contributed by atoms with E-state index in [0.29, 0.717) is 18.1 Å². The second-order valence-corrected chi connectivity index (χ2v) is 11.9. The minimum Gasteiger partial charge on any atom is -0.390 e. The molecule has 0 aliphatic heterocycles. The first-order valence-corrected chi connectivity index (χ1v) is 12.4. The molecule has 5 rings (SSSR count). The van der Waals surface area contributed by atoms with Crippen LogP contribution in [-0.4, -0.2) is 26.5 Å². The molecule has 30 heavy (non-hydrogen) atoms. The lowest BCUT2D eigenvalue weighted by Gasteiger charge is -2.56. The van der Waals surface area contributed by atoms with Gasteiger partial charge in [0.25, 0.3) is 0 Å². The fourth-order valence-electron chi connectivity index (χ4n) is 8.60. The Morgan fingerprint density at radius 2 is 1.80 bits per heavy atom. The number of nitrogens with zero attached hydrogens (tertiary/aromatic N) is 1. The molecule has 8 atom stereocenters. The first-order valence-electron chi connectivity index (χ1n) is 12.4. The highest BCUT2D eigenvalue weighted by Crippen LogP contribution is 2.64. The van der Waals surface area contributed by atoms with Crippen molar-refractivity contribution in [3.8, 4) is 0 Å². The average Bonchev–Trinajstić information content (AvgIpc) is 3.19. The number of ketones is 1. The number of fused-ring (bicyclic) bond motifs is 5. The van der Waals surface area contributed by atoms with Crippen molar-refractivity contribution in [2.45, 2.75) is 97.5 Å². The number of carbonyl (C=O) groups excluding carboxylic acids is 1. The average molecular weight is 413 g/mol. The van der Waals surface area contributed by atoms with Gasteiger partial charge in [-0.05, 0) is 114 Å². The Bertz CT molecular complexity index is 807. The molecule has 4 fully saturated rings. The van der Waals surface area contributed by atoms with Crippen molar-refractivity contribution in [1.82, 2.24) is 9.97 Å². The van der Waals surface area contributed by atoms with Crippen LogP contribution in [0.5, 0.6) is 0 Å². The van der Waals surface area contributed by atoms with Gasteiger partial charge in [0, 0.05) is 11.6 Å². The SMILES string of the molecule is Cc1nc(CC(=O)C2CCC3C4CCC5CC(C)(O)CCC5C4CCC23C)[nH]c1C. The summed E-state index contributed by atoms with van der Waals surface area (Å²) in [6.45, 7) is 8.53. The summed E-state index contributed by atoms with van der Waals surface area (Å²) in [5, 5.41) is 10.6. The summed E-state index contributed by atoms with van der Waals surface area (Å²) in [6.07, 6.45) is 11.1. The molecule has 0 bridgehead atoms. The Morgan fingerprint density at radius 3 is 2.53 bits per heavy atom. The fraction of sp³-hybridized carbons (Fsp3) is 0.846. The van der Waals surface area contributed by atoms with E-state index >= 15 is 0 Å². The molecule has 1 aromatic heterocycles. The maximum Gasteiger partial charge on any atom is 0.144 e. The predicted molar refractivity (Wildman–Crippen MR) is 118 cm³/mol. The van der Waals surface area contributed by atoms with Gasteiger partial charge in [-0.2, -0.15) is 0 Å². The van der Waals surface area contributed by atoms with Gasteiger partial charge in [-0.3, -0.25) is 4.79 Å². The van der Waals surface area contributed by atoms with E-state index in [0.717, 1.165) is 60.1 Å². The van der Waals surface area contributed by atoms with Gasteiger partial charge in [-0.15, -0.1) is 0 Å². The van der Waals surface area contributed by atoms with E-state index in [1.807, 2.05) is 20.8 Å². The molecule has 4 nitrogen and oxygen atoms in total. The van der Waals surface area contributed by atoms with Crippen molar-refractivity contribution in [1.29, 1.82) is 0 Å². The Hall–Kier alpha value is -1.16. The number of aliphatic hydroxyl groups is 1. The Kier molecular flexibility index (Phi) is 4.96. The molecule has 0 amide bonds. The van der Waals surface area contributed by atoms with Crippen LogP contribution in [0, 0.1) is 54.8 Å². The minimum absolute atomic E-state index is 0.182. The molecule has 4 aliphatic carbocycles. The van der Waals surface area contributed by atoms with Crippen molar-refractivity contribution >= 4 is 5.78 Å². The van der Waals surface area contributed by atoms with Crippen LogP contribution in [0.4, 0.5) is 0 Å². The molecular weight excluding hydrogens is 372 g/mol. The van der Waals surface area contributed by atoms with Gasteiger partial charge >= 0.3 is 0 Å². The van der Waals surface area contributed by atoms with Crippen LogP contribution in [0.3, 0.4) is 0 Å². The highest BCUT2D eigenvalue weighted by Gasteiger charge is 2.58. The number of rotatable bonds is 3. The molecule has 8 unspecified atom stereocenters. The number of imidazole rings is 1. The number of nitrogens with one attached hydrogen (secondary N) is 1. The van der Waals surface area contributed by atoms with Gasteiger partial charge in [-0.25, -0.2) is 4.98 Å². The predicted octanol–water partition coefficient (Wildman–Crippen LogP) is 5.16. The number of H-pyrrole nitrogens is 1. The smallest absolute Gasteiger partial charge is 0.144 e. The molecule has 0 spiro atoms. The van der Waals surface area contributed by atoms with Crippen molar-refractivity contribution in [3.63, 3.8) is 0 Å². The molecule has 0 saturated heterocycles. The summed E-state index contributed by atoms with van der Waals surface area (Å²) in [7, 11) is 0. The Labute approximate surface area is 181 Å². The van der Waals surface area contributed by atoms with E-state index in [4.69, 9.17) is 0 Å². The summed E-state index contributed by atoms with van der Waals surface area (Å²) < 4.78 is 0. The van der Waals surface area contributed by atoms with E-state index < -0.39 is 5.60 Å². The molecule has 1 aromatic rings. The van der Waals surface area contributed by atoms with Gasteiger partial charge in [0.15, 0.2) is 0 Å². The number of aromatic amines is 1. The highest BCUT2D eigenvalue weighted by atomic mass is 16.3.